The Hall–Kier alpha value is -3.46. The molecule has 0 radical (unpaired) electrons. The molecule has 172 valence electrons. The lowest BCUT2D eigenvalue weighted by Gasteiger charge is -2.14. The summed E-state index contributed by atoms with van der Waals surface area (Å²) >= 11 is 1.11. The molecule has 0 aliphatic heterocycles. The molecule has 0 saturated heterocycles. The second kappa shape index (κ2) is 9.99. The maximum Gasteiger partial charge on any atom is 0.278 e. The van der Waals surface area contributed by atoms with Gasteiger partial charge in [0.05, 0.1) is 10.9 Å². The van der Waals surface area contributed by atoms with Crippen molar-refractivity contribution in [3.8, 4) is 11.3 Å². The number of rotatable bonds is 6. The standard InChI is InChI=1S/C24H27N5O3S/c1-12-7-13(2)10-18(9-12)26-22(31)16(5)33-24-27-23(32)21(28-29-24)19-11-14(3)8-15(4)20(19)25-17(6)30/h7-11,16H,1-6H3,(H,25,30)(H,26,31)(H,27,29,32). The average molecular weight is 466 g/mol. The minimum absolute atomic E-state index is 0.0993. The van der Waals surface area contributed by atoms with E-state index in [0.29, 0.717) is 11.3 Å². The predicted octanol–water partition coefficient (Wildman–Crippen LogP) is 4.14. The molecule has 0 bridgehead atoms. The summed E-state index contributed by atoms with van der Waals surface area (Å²) in [6.45, 7) is 10.8. The summed E-state index contributed by atoms with van der Waals surface area (Å²) in [6, 6.07) is 9.52. The van der Waals surface area contributed by atoms with Gasteiger partial charge in [-0.2, -0.15) is 0 Å². The minimum atomic E-state index is -0.516. The van der Waals surface area contributed by atoms with E-state index in [1.54, 1.807) is 13.0 Å². The van der Waals surface area contributed by atoms with Gasteiger partial charge in [0, 0.05) is 18.2 Å². The lowest BCUT2D eigenvalue weighted by Crippen LogP contribution is -2.24. The minimum Gasteiger partial charge on any atom is -0.325 e. The molecule has 1 atom stereocenters. The summed E-state index contributed by atoms with van der Waals surface area (Å²) in [7, 11) is 0. The molecule has 0 fully saturated rings. The third-order valence-electron chi connectivity index (χ3n) is 4.86. The molecule has 9 heteroatoms. The summed E-state index contributed by atoms with van der Waals surface area (Å²) in [4.78, 5) is 39.8. The van der Waals surface area contributed by atoms with Crippen LogP contribution in [0.4, 0.5) is 11.4 Å². The maximum atomic E-state index is 12.8. The van der Waals surface area contributed by atoms with Crippen LogP contribution < -0.4 is 16.2 Å². The molecule has 3 rings (SSSR count). The highest BCUT2D eigenvalue weighted by Gasteiger charge is 2.19. The molecule has 8 nitrogen and oxygen atoms in total. The quantitative estimate of drug-likeness (QED) is 0.471. The second-order valence-corrected chi connectivity index (χ2v) is 9.45. The van der Waals surface area contributed by atoms with Gasteiger partial charge in [-0.25, -0.2) is 0 Å². The molecule has 1 unspecified atom stereocenters. The van der Waals surface area contributed by atoms with Gasteiger partial charge in [0.25, 0.3) is 5.56 Å². The molecule has 33 heavy (non-hydrogen) atoms. The van der Waals surface area contributed by atoms with Crippen molar-refractivity contribution in [2.24, 2.45) is 0 Å². The molecule has 0 spiro atoms. The Kier molecular flexibility index (Phi) is 7.33. The first kappa shape index (κ1) is 24.2. The van der Waals surface area contributed by atoms with E-state index in [0.717, 1.165) is 39.7 Å². The van der Waals surface area contributed by atoms with Gasteiger partial charge in [-0.1, -0.05) is 29.5 Å². The number of nitrogens with one attached hydrogen (secondary N) is 3. The van der Waals surface area contributed by atoms with Crippen LogP contribution >= 0.6 is 11.8 Å². The van der Waals surface area contributed by atoms with E-state index in [1.807, 2.05) is 52.0 Å². The van der Waals surface area contributed by atoms with Gasteiger partial charge in [0.2, 0.25) is 11.8 Å². The van der Waals surface area contributed by atoms with E-state index in [9.17, 15) is 14.4 Å². The number of carbonyl (C=O) groups is 2. The van der Waals surface area contributed by atoms with Crippen molar-refractivity contribution in [3.63, 3.8) is 0 Å². The van der Waals surface area contributed by atoms with Crippen molar-refractivity contribution >= 4 is 35.0 Å². The lowest BCUT2D eigenvalue weighted by molar-refractivity contribution is -0.115. The number of amides is 2. The van der Waals surface area contributed by atoms with E-state index in [-0.39, 0.29) is 22.7 Å². The number of thioether (sulfide) groups is 1. The number of carbonyl (C=O) groups excluding carboxylic acids is 2. The fourth-order valence-corrected chi connectivity index (χ4v) is 4.30. The number of benzene rings is 2. The Labute approximate surface area is 196 Å². The third-order valence-corrected chi connectivity index (χ3v) is 5.83. The number of H-pyrrole nitrogens is 1. The summed E-state index contributed by atoms with van der Waals surface area (Å²) in [6.07, 6.45) is 0. The molecule has 0 aliphatic rings. The lowest BCUT2D eigenvalue weighted by atomic mass is 10.0. The second-order valence-electron chi connectivity index (χ2n) is 8.12. The highest BCUT2D eigenvalue weighted by Crippen LogP contribution is 2.30. The Morgan fingerprint density at radius 2 is 1.58 bits per heavy atom. The largest absolute Gasteiger partial charge is 0.325 e. The monoisotopic (exact) mass is 465 g/mol. The van der Waals surface area contributed by atoms with E-state index in [4.69, 9.17) is 0 Å². The molecular weight excluding hydrogens is 438 g/mol. The summed E-state index contributed by atoms with van der Waals surface area (Å²) in [5, 5.41) is 13.6. The fraction of sp³-hybridized carbons (Fsp3) is 0.292. The van der Waals surface area contributed by atoms with Crippen LogP contribution in [0.15, 0.2) is 40.3 Å². The van der Waals surface area contributed by atoms with Crippen LogP contribution in [-0.2, 0) is 9.59 Å². The fourth-order valence-electron chi connectivity index (χ4n) is 3.56. The highest BCUT2D eigenvalue weighted by molar-refractivity contribution is 8.00. The molecule has 1 heterocycles. The summed E-state index contributed by atoms with van der Waals surface area (Å²) in [5.41, 5.74) is 5.24. The summed E-state index contributed by atoms with van der Waals surface area (Å²) < 4.78 is 0. The van der Waals surface area contributed by atoms with Crippen LogP contribution in [0.3, 0.4) is 0 Å². The van der Waals surface area contributed by atoms with Crippen LogP contribution in [0.5, 0.6) is 0 Å². The molecule has 2 aromatic carbocycles. The molecule has 0 saturated carbocycles. The van der Waals surface area contributed by atoms with Gasteiger partial charge in [0.1, 0.15) is 0 Å². The first-order valence-corrected chi connectivity index (χ1v) is 11.3. The third kappa shape index (κ3) is 6.07. The van der Waals surface area contributed by atoms with Crippen molar-refractivity contribution in [1.82, 2.24) is 15.2 Å². The molecular formula is C24H27N5O3S. The number of hydrogen-bond donors (Lipinski definition) is 3. The molecule has 1 aromatic heterocycles. The smallest absolute Gasteiger partial charge is 0.278 e. The zero-order valence-electron chi connectivity index (χ0n) is 19.5. The number of nitrogens with zero attached hydrogens (tertiary/aromatic N) is 2. The first-order chi connectivity index (χ1) is 15.5. The van der Waals surface area contributed by atoms with Gasteiger partial charge in [-0.3, -0.25) is 19.4 Å². The average Bonchev–Trinajstić information content (AvgIpc) is 2.69. The van der Waals surface area contributed by atoms with Gasteiger partial charge < -0.3 is 10.6 Å². The van der Waals surface area contributed by atoms with Crippen LogP contribution in [0.25, 0.3) is 11.3 Å². The Bertz CT molecular complexity index is 1270. The Balaban J connectivity index is 1.82. The number of aromatic nitrogens is 3. The van der Waals surface area contributed by atoms with Crippen LogP contribution in [-0.4, -0.2) is 32.2 Å². The zero-order valence-corrected chi connectivity index (χ0v) is 20.3. The molecule has 0 aliphatic carbocycles. The van der Waals surface area contributed by atoms with E-state index < -0.39 is 10.8 Å². The topological polar surface area (TPSA) is 117 Å². The van der Waals surface area contributed by atoms with Crippen molar-refractivity contribution in [1.29, 1.82) is 0 Å². The Morgan fingerprint density at radius 3 is 2.18 bits per heavy atom. The van der Waals surface area contributed by atoms with Crippen molar-refractivity contribution < 1.29 is 9.59 Å². The van der Waals surface area contributed by atoms with Crippen LogP contribution in [0.1, 0.15) is 36.1 Å². The van der Waals surface area contributed by atoms with Crippen molar-refractivity contribution in [2.45, 2.75) is 51.9 Å². The molecule has 3 aromatic rings. The van der Waals surface area contributed by atoms with E-state index in [2.05, 4.69) is 25.8 Å². The number of aromatic amines is 1. The van der Waals surface area contributed by atoms with Gasteiger partial charge in [0.15, 0.2) is 10.9 Å². The van der Waals surface area contributed by atoms with Gasteiger partial charge in [-0.05, 0) is 69.5 Å². The normalized spacial score (nSPS) is 11.7. The SMILES string of the molecule is CC(=O)Nc1c(C)cc(C)cc1-c1nnc(SC(C)C(=O)Nc2cc(C)cc(C)c2)[nH]c1=O. The van der Waals surface area contributed by atoms with Crippen LogP contribution in [0.2, 0.25) is 0 Å². The number of aryl methyl sites for hydroxylation is 4. The van der Waals surface area contributed by atoms with E-state index in [1.165, 1.54) is 6.92 Å². The van der Waals surface area contributed by atoms with Crippen molar-refractivity contribution in [2.75, 3.05) is 10.6 Å². The maximum absolute atomic E-state index is 12.8. The summed E-state index contributed by atoms with van der Waals surface area (Å²) in [5.74, 6) is -0.456. The molecule has 3 N–H and O–H groups in total. The van der Waals surface area contributed by atoms with E-state index >= 15 is 0 Å². The first-order valence-electron chi connectivity index (χ1n) is 10.5. The Morgan fingerprint density at radius 1 is 0.939 bits per heavy atom. The number of hydrogen-bond acceptors (Lipinski definition) is 6. The van der Waals surface area contributed by atoms with Gasteiger partial charge >= 0.3 is 0 Å². The van der Waals surface area contributed by atoms with Crippen LogP contribution in [0, 0.1) is 27.7 Å². The highest BCUT2D eigenvalue weighted by atomic mass is 32.2. The number of anilines is 2. The predicted molar refractivity (Wildman–Crippen MR) is 132 cm³/mol. The molecule has 2 amide bonds. The van der Waals surface area contributed by atoms with Gasteiger partial charge in [-0.15, -0.1) is 10.2 Å². The zero-order chi connectivity index (χ0) is 24.3. The van der Waals surface area contributed by atoms with Crippen molar-refractivity contribution in [3.05, 3.63) is 62.9 Å².